The molecule has 3 rings (SSSR count). The van der Waals surface area contributed by atoms with Crippen molar-refractivity contribution in [3.63, 3.8) is 0 Å². The van der Waals surface area contributed by atoms with E-state index in [-0.39, 0.29) is 12.1 Å². The van der Waals surface area contributed by atoms with Crippen LogP contribution in [-0.4, -0.2) is 35.0 Å². The van der Waals surface area contributed by atoms with Crippen LogP contribution in [0, 0.1) is 0 Å². The van der Waals surface area contributed by atoms with Crippen LogP contribution in [0.4, 0.5) is 4.79 Å². The molecule has 5 nitrogen and oxygen atoms in total. The zero-order valence-electron chi connectivity index (χ0n) is 14.2. The van der Waals surface area contributed by atoms with E-state index < -0.39 is 0 Å². The number of fused-ring (bicyclic) bond motifs is 1. The van der Waals surface area contributed by atoms with Gasteiger partial charge in [0, 0.05) is 42.9 Å². The van der Waals surface area contributed by atoms with E-state index in [4.69, 9.17) is 0 Å². The normalized spacial score (nSPS) is 16.9. The predicted octanol–water partition coefficient (Wildman–Crippen LogP) is 2.95. The van der Waals surface area contributed by atoms with Crippen molar-refractivity contribution >= 4 is 17.4 Å². The molecule has 2 aromatic heterocycles. The van der Waals surface area contributed by atoms with Crippen LogP contribution in [0.3, 0.4) is 0 Å². The van der Waals surface area contributed by atoms with Crippen molar-refractivity contribution in [1.29, 1.82) is 0 Å². The molecule has 3 heterocycles. The average molecular weight is 344 g/mol. The smallest absolute Gasteiger partial charge is 0.315 e. The van der Waals surface area contributed by atoms with E-state index in [0.29, 0.717) is 12.6 Å². The minimum atomic E-state index is -0.133. The SMILES string of the molecule is CC(NC(=O)NCC(C)N1CCc2sccc2C1)c1cccnc1. The van der Waals surface area contributed by atoms with Gasteiger partial charge < -0.3 is 10.6 Å². The minimum absolute atomic E-state index is 0.0580. The Balaban J connectivity index is 1.44. The lowest BCUT2D eigenvalue weighted by Crippen LogP contribution is -2.46. The molecule has 6 heteroatoms. The number of pyridine rings is 1. The van der Waals surface area contributed by atoms with Crippen LogP contribution >= 0.6 is 11.3 Å². The fourth-order valence-corrected chi connectivity index (χ4v) is 3.87. The van der Waals surface area contributed by atoms with Gasteiger partial charge in [-0.3, -0.25) is 9.88 Å². The maximum atomic E-state index is 12.1. The Labute approximate surface area is 147 Å². The molecule has 1 aliphatic heterocycles. The number of hydrogen-bond acceptors (Lipinski definition) is 4. The van der Waals surface area contributed by atoms with Gasteiger partial charge in [0.1, 0.15) is 0 Å². The Kier molecular flexibility index (Phi) is 5.48. The Hall–Kier alpha value is -1.92. The van der Waals surface area contributed by atoms with Gasteiger partial charge in [-0.05, 0) is 48.9 Å². The standard InChI is InChI=1S/C18H24N4OS/c1-13(22-8-5-17-16(12-22)6-9-24-17)10-20-18(23)21-14(2)15-4-3-7-19-11-15/h3-4,6-7,9,11,13-14H,5,8,10,12H2,1-2H3,(H2,20,21,23). The second-order valence-electron chi connectivity index (χ2n) is 6.30. The van der Waals surface area contributed by atoms with Crippen LogP contribution in [0.5, 0.6) is 0 Å². The summed E-state index contributed by atoms with van der Waals surface area (Å²) in [6.45, 7) is 6.81. The fourth-order valence-electron chi connectivity index (χ4n) is 2.98. The molecule has 0 bridgehead atoms. The number of nitrogens with one attached hydrogen (secondary N) is 2. The molecule has 0 saturated carbocycles. The molecule has 0 fully saturated rings. The number of thiophene rings is 1. The first kappa shape index (κ1) is 16.9. The number of nitrogens with zero attached hydrogens (tertiary/aromatic N) is 2. The Morgan fingerprint density at radius 3 is 3.08 bits per heavy atom. The summed E-state index contributed by atoms with van der Waals surface area (Å²) in [4.78, 5) is 20.1. The minimum Gasteiger partial charge on any atom is -0.337 e. The van der Waals surface area contributed by atoms with E-state index >= 15 is 0 Å². The van der Waals surface area contributed by atoms with E-state index in [1.54, 1.807) is 12.4 Å². The van der Waals surface area contributed by atoms with E-state index in [9.17, 15) is 4.79 Å². The van der Waals surface area contributed by atoms with Crippen LogP contribution in [0.25, 0.3) is 0 Å². The highest BCUT2D eigenvalue weighted by atomic mass is 32.1. The summed E-state index contributed by atoms with van der Waals surface area (Å²) in [7, 11) is 0. The molecular formula is C18H24N4OS. The molecule has 0 aromatic carbocycles. The van der Waals surface area contributed by atoms with Gasteiger partial charge >= 0.3 is 6.03 Å². The Morgan fingerprint density at radius 2 is 2.29 bits per heavy atom. The first-order valence-corrected chi connectivity index (χ1v) is 9.25. The predicted molar refractivity (Wildman–Crippen MR) is 97.1 cm³/mol. The maximum absolute atomic E-state index is 12.1. The quantitative estimate of drug-likeness (QED) is 0.877. The molecule has 2 atom stereocenters. The lowest BCUT2D eigenvalue weighted by atomic mass is 10.1. The molecular weight excluding hydrogens is 320 g/mol. The van der Waals surface area contributed by atoms with Crippen LogP contribution < -0.4 is 10.6 Å². The third-order valence-electron chi connectivity index (χ3n) is 4.55. The number of carbonyl (C=O) groups is 1. The second kappa shape index (κ2) is 7.77. The molecule has 2 amide bonds. The number of rotatable bonds is 5. The van der Waals surface area contributed by atoms with Crippen molar-refractivity contribution < 1.29 is 4.79 Å². The van der Waals surface area contributed by atoms with Crippen molar-refractivity contribution in [3.8, 4) is 0 Å². The van der Waals surface area contributed by atoms with Crippen molar-refractivity contribution in [1.82, 2.24) is 20.5 Å². The molecule has 0 radical (unpaired) electrons. The van der Waals surface area contributed by atoms with E-state index in [0.717, 1.165) is 25.1 Å². The van der Waals surface area contributed by atoms with E-state index in [2.05, 4.69) is 38.9 Å². The first-order chi connectivity index (χ1) is 11.6. The Bertz CT molecular complexity index is 673. The van der Waals surface area contributed by atoms with Crippen molar-refractivity contribution in [3.05, 3.63) is 52.0 Å². The first-order valence-electron chi connectivity index (χ1n) is 8.37. The third kappa shape index (κ3) is 4.13. The lowest BCUT2D eigenvalue weighted by molar-refractivity contribution is 0.185. The number of aromatic nitrogens is 1. The molecule has 0 saturated heterocycles. The van der Waals surface area contributed by atoms with Crippen LogP contribution in [0.15, 0.2) is 36.0 Å². The molecule has 2 unspecified atom stereocenters. The van der Waals surface area contributed by atoms with Gasteiger partial charge in [-0.25, -0.2) is 4.79 Å². The van der Waals surface area contributed by atoms with Crippen LogP contribution in [0.2, 0.25) is 0 Å². The zero-order valence-corrected chi connectivity index (χ0v) is 15.0. The second-order valence-corrected chi connectivity index (χ2v) is 7.30. The van der Waals surface area contributed by atoms with Gasteiger partial charge in [-0.2, -0.15) is 0 Å². The van der Waals surface area contributed by atoms with Gasteiger partial charge in [-0.1, -0.05) is 6.07 Å². The molecule has 0 spiro atoms. The third-order valence-corrected chi connectivity index (χ3v) is 5.57. The zero-order chi connectivity index (χ0) is 16.9. The summed E-state index contributed by atoms with van der Waals surface area (Å²) in [5, 5.41) is 8.12. The maximum Gasteiger partial charge on any atom is 0.315 e. The summed E-state index contributed by atoms with van der Waals surface area (Å²) >= 11 is 1.85. The van der Waals surface area contributed by atoms with Crippen LogP contribution in [-0.2, 0) is 13.0 Å². The van der Waals surface area contributed by atoms with Gasteiger partial charge in [0.05, 0.1) is 6.04 Å². The highest BCUT2D eigenvalue weighted by Gasteiger charge is 2.21. The van der Waals surface area contributed by atoms with Gasteiger partial charge in [-0.15, -0.1) is 11.3 Å². The molecule has 2 aromatic rings. The lowest BCUT2D eigenvalue weighted by Gasteiger charge is -2.32. The van der Waals surface area contributed by atoms with Gasteiger partial charge in [0.2, 0.25) is 0 Å². The average Bonchev–Trinajstić information content (AvgIpc) is 3.08. The van der Waals surface area contributed by atoms with Crippen molar-refractivity contribution in [2.45, 2.75) is 38.9 Å². The number of hydrogen-bond donors (Lipinski definition) is 2. The summed E-state index contributed by atoms with van der Waals surface area (Å²) < 4.78 is 0. The number of amides is 2. The Morgan fingerprint density at radius 1 is 1.42 bits per heavy atom. The molecule has 2 N–H and O–H groups in total. The molecule has 128 valence electrons. The highest BCUT2D eigenvalue weighted by molar-refractivity contribution is 7.10. The molecule has 0 aliphatic carbocycles. The topological polar surface area (TPSA) is 57.3 Å². The van der Waals surface area contributed by atoms with Crippen molar-refractivity contribution in [2.75, 3.05) is 13.1 Å². The summed E-state index contributed by atoms with van der Waals surface area (Å²) in [6.07, 6.45) is 4.62. The van der Waals surface area contributed by atoms with Crippen molar-refractivity contribution in [2.24, 2.45) is 0 Å². The number of urea groups is 1. The highest BCUT2D eigenvalue weighted by Crippen LogP contribution is 2.24. The van der Waals surface area contributed by atoms with Crippen LogP contribution in [0.1, 0.15) is 35.9 Å². The van der Waals surface area contributed by atoms with E-state index in [1.807, 2.05) is 30.4 Å². The fraction of sp³-hybridized carbons (Fsp3) is 0.444. The summed E-state index contributed by atoms with van der Waals surface area (Å²) in [6, 6.07) is 6.19. The molecule has 1 aliphatic rings. The largest absolute Gasteiger partial charge is 0.337 e. The van der Waals surface area contributed by atoms with Gasteiger partial charge in [0.15, 0.2) is 0 Å². The summed E-state index contributed by atoms with van der Waals surface area (Å²) in [5.41, 5.74) is 2.44. The molecule has 24 heavy (non-hydrogen) atoms. The van der Waals surface area contributed by atoms with Gasteiger partial charge in [0.25, 0.3) is 0 Å². The monoisotopic (exact) mass is 344 g/mol. The summed E-state index contributed by atoms with van der Waals surface area (Å²) in [5.74, 6) is 0. The number of carbonyl (C=O) groups excluding carboxylic acids is 1. The van der Waals surface area contributed by atoms with E-state index in [1.165, 1.54) is 10.4 Å².